The number of nitrogens with one attached hydrogen (secondary N) is 3. The number of aryl methyl sites for hydroxylation is 2. The maximum Gasteiger partial charge on any atom is 0.242 e. The standard InChI is InChI=1S/C20H29N3OS/c1-13-5-3-8-18(14(13)2)21-20(25)23-22-19(24)12-15-9-10-16-6-4-7-17(16)11-15/h9-11,13-14,18H,3-8,12H2,1-2H3,(H,22,24)(H2,21,23,25)/t13-,14-,18+/m1/s1. The van der Waals surface area contributed by atoms with Crippen LogP contribution in [-0.4, -0.2) is 17.1 Å². The van der Waals surface area contributed by atoms with Gasteiger partial charge in [0.15, 0.2) is 5.11 Å². The van der Waals surface area contributed by atoms with Crippen LogP contribution in [0.15, 0.2) is 18.2 Å². The number of rotatable bonds is 3. The summed E-state index contributed by atoms with van der Waals surface area (Å²) in [5.41, 5.74) is 9.48. The smallest absolute Gasteiger partial charge is 0.242 e. The van der Waals surface area contributed by atoms with E-state index in [2.05, 4.69) is 48.2 Å². The van der Waals surface area contributed by atoms with E-state index in [9.17, 15) is 4.79 Å². The van der Waals surface area contributed by atoms with Gasteiger partial charge in [-0.05, 0) is 66.4 Å². The third-order valence-electron chi connectivity index (χ3n) is 5.87. The van der Waals surface area contributed by atoms with Crippen molar-refractivity contribution in [3.63, 3.8) is 0 Å². The topological polar surface area (TPSA) is 53.2 Å². The Kier molecular flexibility index (Phi) is 5.94. The van der Waals surface area contributed by atoms with Crippen molar-refractivity contribution in [1.82, 2.24) is 16.2 Å². The zero-order valence-electron chi connectivity index (χ0n) is 15.2. The number of benzene rings is 1. The monoisotopic (exact) mass is 359 g/mol. The molecule has 0 heterocycles. The van der Waals surface area contributed by atoms with Gasteiger partial charge in [-0.15, -0.1) is 0 Å². The molecule has 4 nitrogen and oxygen atoms in total. The lowest BCUT2D eigenvalue weighted by Crippen LogP contribution is -2.52. The lowest BCUT2D eigenvalue weighted by molar-refractivity contribution is -0.121. The highest BCUT2D eigenvalue weighted by Gasteiger charge is 2.27. The number of carbonyl (C=O) groups is 1. The molecule has 3 N–H and O–H groups in total. The molecule has 3 atom stereocenters. The van der Waals surface area contributed by atoms with Crippen LogP contribution in [0.2, 0.25) is 0 Å². The van der Waals surface area contributed by atoms with Crippen molar-refractivity contribution in [2.45, 2.75) is 64.8 Å². The van der Waals surface area contributed by atoms with E-state index >= 15 is 0 Å². The van der Waals surface area contributed by atoms with Gasteiger partial charge < -0.3 is 5.32 Å². The van der Waals surface area contributed by atoms with Crippen molar-refractivity contribution >= 4 is 23.2 Å². The minimum Gasteiger partial charge on any atom is -0.358 e. The van der Waals surface area contributed by atoms with E-state index in [1.807, 2.05) is 0 Å². The highest BCUT2D eigenvalue weighted by atomic mass is 32.1. The van der Waals surface area contributed by atoms with Crippen molar-refractivity contribution < 1.29 is 4.79 Å². The zero-order valence-corrected chi connectivity index (χ0v) is 16.0. The molecular weight excluding hydrogens is 330 g/mol. The Hall–Kier alpha value is -1.62. The van der Waals surface area contributed by atoms with Crippen LogP contribution in [0.5, 0.6) is 0 Å². The summed E-state index contributed by atoms with van der Waals surface area (Å²) >= 11 is 5.34. The summed E-state index contributed by atoms with van der Waals surface area (Å²) in [5.74, 6) is 1.24. The largest absolute Gasteiger partial charge is 0.358 e. The van der Waals surface area contributed by atoms with Crippen LogP contribution in [0, 0.1) is 11.8 Å². The van der Waals surface area contributed by atoms with Crippen molar-refractivity contribution in [2.75, 3.05) is 0 Å². The highest BCUT2D eigenvalue weighted by Crippen LogP contribution is 2.29. The second-order valence-corrected chi connectivity index (χ2v) is 8.06. The number of hydrogen-bond donors (Lipinski definition) is 3. The number of carbonyl (C=O) groups excluding carboxylic acids is 1. The first-order valence-electron chi connectivity index (χ1n) is 9.49. The molecule has 2 aliphatic rings. The third kappa shape index (κ3) is 4.72. The van der Waals surface area contributed by atoms with Crippen LogP contribution < -0.4 is 16.2 Å². The molecule has 1 saturated carbocycles. The summed E-state index contributed by atoms with van der Waals surface area (Å²) in [5, 5.41) is 3.87. The number of amides is 1. The van der Waals surface area contributed by atoms with Gasteiger partial charge in [-0.25, -0.2) is 0 Å². The molecule has 1 fully saturated rings. The fourth-order valence-corrected chi connectivity index (χ4v) is 4.28. The fourth-order valence-electron chi connectivity index (χ4n) is 4.08. The summed E-state index contributed by atoms with van der Waals surface area (Å²) < 4.78 is 0. The molecule has 0 saturated heterocycles. The maximum absolute atomic E-state index is 12.2. The van der Waals surface area contributed by atoms with Crippen molar-refractivity contribution in [3.8, 4) is 0 Å². The van der Waals surface area contributed by atoms with Crippen molar-refractivity contribution in [1.29, 1.82) is 0 Å². The van der Waals surface area contributed by atoms with Crippen LogP contribution >= 0.6 is 12.2 Å². The van der Waals surface area contributed by atoms with Crippen molar-refractivity contribution in [3.05, 3.63) is 34.9 Å². The van der Waals surface area contributed by atoms with Gasteiger partial charge in [0, 0.05) is 6.04 Å². The van der Waals surface area contributed by atoms with Crippen molar-refractivity contribution in [2.24, 2.45) is 11.8 Å². The van der Waals surface area contributed by atoms with Gasteiger partial charge in [-0.2, -0.15) is 0 Å². The van der Waals surface area contributed by atoms with E-state index in [1.165, 1.54) is 36.8 Å². The Morgan fingerprint density at radius 1 is 1.12 bits per heavy atom. The highest BCUT2D eigenvalue weighted by molar-refractivity contribution is 7.80. The van der Waals surface area contributed by atoms with Crippen LogP contribution in [0.4, 0.5) is 0 Å². The predicted molar refractivity (Wildman–Crippen MR) is 105 cm³/mol. The maximum atomic E-state index is 12.2. The van der Waals surface area contributed by atoms with E-state index in [1.54, 1.807) is 0 Å². The molecule has 2 aliphatic carbocycles. The van der Waals surface area contributed by atoms with Gasteiger partial charge in [0.1, 0.15) is 0 Å². The average Bonchev–Trinajstić information content (AvgIpc) is 3.05. The van der Waals surface area contributed by atoms with Gasteiger partial charge >= 0.3 is 0 Å². The summed E-state index contributed by atoms with van der Waals surface area (Å²) in [4.78, 5) is 12.2. The second kappa shape index (κ2) is 8.17. The lowest BCUT2D eigenvalue weighted by atomic mass is 9.78. The summed E-state index contributed by atoms with van der Waals surface area (Å²) in [6.07, 6.45) is 7.56. The zero-order chi connectivity index (χ0) is 17.8. The molecule has 0 radical (unpaired) electrons. The normalized spacial score (nSPS) is 25.1. The molecule has 0 unspecified atom stereocenters. The molecule has 136 valence electrons. The fraction of sp³-hybridized carbons (Fsp3) is 0.600. The Morgan fingerprint density at radius 2 is 1.92 bits per heavy atom. The lowest BCUT2D eigenvalue weighted by Gasteiger charge is -2.35. The quantitative estimate of drug-likeness (QED) is 0.574. The molecule has 3 rings (SSSR count). The molecule has 1 aromatic rings. The molecule has 5 heteroatoms. The van der Waals surface area contributed by atoms with Gasteiger partial charge in [-0.3, -0.25) is 15.6 Å². The van der Waals surface area contributed by atoms with Crippen LogP contribution in [0.3, 0.4) is 0 Å². The van der Waals surface area contributed by atoms with E-state index in [0.29, 0.717) is 29.4 Å². The summed E-state index contributed by atoms with van der Waals surface area (Å²) in [7, 11) is 0. The van der Waals surface area contributed by atoms with Gasteiger partial charge in [0.25, 0.3) is 0 Å². The van der Waals surface area contributed by atoms with Gasteiger partial charge in [0.05, 0.1) is 6.42 Å². The molecule has 1 aromatic carbocycles. The number of hydrogen-bond acceptors (Lipinski definition) is 2. The van der Waals surface area contributed by atoms with E-state index in [-0.39, 0.29) is 5.91 Å². The minimum absolute atomic E-state index is 0.0628. The molecule has 0 spiro atoms. The van der Waals surface area contributed by atoms with Gasteiger partial charge in [0.2, 0.25) is 5.91 Å². The van der Waals surface area contributed by atoms with E-state index in [0.717, 1.165) is 18.4 Å². The predicted octanol–water partition coefficient (Wildman–Crippen LogP) is 3.04. The van der Waals surface area contributed by atoms with Gasteiger partial charge in [-0.1, -0.05) is 44.9 Å². The molecule has 0 aliphatic heterocycles. The molecule has 25 heavy (non-hydrogen) atoms. The molecular formula is C20H29N3OS. The summed E-state index contributed by atoms with van der Waals surface area (Å²) in [6, 6.07) is 6.78. The van der Waals surface area contributed by atoms with Crippen LogP contribution in [0.1, 0.15) is 56.2 Å². The first-order valence-corrected chi connectivity index (χ1v) is 9.90. The minimum atomic E-state index is -0.0628. The molecule has 1 amide bonds. The first-order chi connectivity index (χ1) is 12.0. The number of fused-ring (bicyclic) bond motifs is 1. The molecule has 0 aromatic heterocycles. The van der Waals surface area contributed by atoms with Crippen LogP contribution in [0.25, 0.3) is 0 Å². The van der Waals surface area contributed by atoms with E-state index in [4.69, 9.17) is 12.2 Å². The second-order valence-electron chi connectivity index (χ2n) is 7.65. The average molecular weight is 360 g/mol. The third-order valence-corrected chi connectivity index (χ3v) is 6.09. The Balaban J connectivity index is 1.43. The Morgan fingerprint density at radius 3 is 2.76 bits per heavy atom. The number of hydrazine groups is 1. The number of thiocarbonyl (C=S) groups is 1. The summed E-state index contributed by atoms with van der Waals surface area (Å²) in [6.45, 7) is 4.57. The first kappa shape index (κ1) is 18.2. The SMILES string of the molecule is C[C@@H]1[C@H](C)CCC[C@@H]1NC(=S)NNC(=O)Cc1ccc2c(c1)CCC2. The van der Waals surface area contributed by atoms with E-state index < -0.39 is 0 Å². The Labute approximate surface area is 156 Å². The molecule has 0 bridgehead atoms. The Bertz CT molecular complexity index is 646. The van der Waals surface area contributed by atoms with Crippen LogP contribution in [-0.2, 0) is 24.1 Å².